The van der Waals surface area contributed by atoms with Crippen LogP contribution in [0.2, 0.25) is 0 Å². The number of aromatic nitrogens is 1. The molecule has 148 valence electrons. The molecule has 1 N–H and O–H groups in total. The molecule has 2 heterocycles. The van der Waals surface area contributed by atoms with Crippen LogP contribution in [-0.2, 0) is 5.41 Å². The highest BCUT2D eigenvalue weighted by Crippen LogP contribution is 2.36. The van der Waals surface area contributed by atoms with E-state index in [-0.39, 0.29) is 16.9 Å². The fraction of sp³-hybridized carbons (Fsp3) is 0.391. The first kappa shape index (κ1) is 19.9. The number of hydrogen-bond acceptors (Lipinski definition) is 3. The number of rotatable bonds is 4. The van der Waals surface area contributed by atoms with Crippen molar-refractivity contribution in [3.63, 3.8) is 0 Å². The zero-order chi connectivity index (χ0) is 20.6. The number of furan rings is 1. The van der Waals surface area contributed by atoms with Gasteiger partial charge in [0.25, 0.3) is 11.5 Å². The van der Waals surface area contributed by atoms with Gasteiger partial charge in [-0.3, -0.25) is 9.59 Å². The van der Waals surface area contributed by atoms with E-state index in [1.807, 2.05) is 12.1 Å². The highest BCUT2D eigenvalue weighted by Gasteiger charge is 2.25. The lowest BCUT2D eigenvalue weighted by Crippen LogP contribution is -2.30. The summed E-state index contributed by atoms with van der Waals surface area (Å²) in [5.41, 5.74) is 3.18. The fourth-order valence-electron chi connectivity index (χ4n) is 3.50. The fourth-order valence-corrected chi connectivity index (χ4v) is 3.50. The molecule has 0 radical (unpaired) electrons. The number of fused-ring (bicyclic) bond motifs is 1. The predicted octanol–water partition coefficient (Wildman–Crippen LogP) is 4.81. The molecule has 0 bridgehead atoms. The van der Waals surface area contributed by atoms with Gasteiger partial charge in [0.1, 0.15) is 11.8 Å². The van der Waals surface area contributed by atoms with Crippen LogP contribution in [0.3, 0.4) is 0 Å². The number of carbonyl (C=O) groups excluding carboxylic acids is 1. The summed E-state index contributed by atoms with van der Waals surface area (Å²) in [5.74, 6) is 0.294. The van der Waals surface area contributed by atoms with Crippen molar-refractivity contribution in [3.05, 3.63) is 58.2 Å². The molecule has 0 saturated carbocycles. The molecule has 0 unspecified atom stereocenters. The van der Waals surface area contributed by atoms with E-state index in [2.05, 4.69) is 39.6 Å². The Morgan fingerprint density at radius 1 is 1.25 bits per heavy atom. The molecular formula is C23H28N2O3. The van der Waals surface area contributed by atoms with Gasteiger partial charge in [-0.15, -0.1) is 0 Å². The number of nitrogens with zero attached hydrogens (tertiary/aromatic N) is 1. The van der Waals surface area contributed by atoms with Crippen molar-refractivity contribution in [2.45, 2.75) is 40.0 Å². The van der Waals surface area contributed by atoms with Gasteiger partial charge >= 0.3 is 0 Å². The lowest BCUT2D eigenvalue weighted by atomic mass is 9.84. The number of amides is 1. The standard InChI is InChI=1S/C23H28N2O3/c1-14(2)12-25(6)22(27)18-13-28-20-17(18)10-15(11-19(20)23(3,4)5)16-8-7-9-24-21(16)26/h7-11,13-14H,12H2,1-6H3,(H,24,26). The Kier molecular flexibility index (Phi) is 5.20. The zero-order valence-electron chi connectivity index (χ0n) is 17.4. The van der Waals surface area contributed by atoms with Crippen LogP contribution in [0.25, 0.3) is 22.1 Å². The van der Waals surface area contributed by atoms with E-state index in [9.17, 15) is 9.59 Å². The molecule has 3 aromatic rings. The van der Waals surface area contributed by atoms with Crippen molar-refractivity contribution in [1.82, 2.24) is 9.88 Å². The van der Waals surface area contributed by atoms with Gasteiger partial charge in [0.15, 0.2) is 0 Å². The monoisotopic (exact) mass is 380 g/mol. The maximum absolute atomic E-state index is 13.0. The third kappa shape index (κ3) is 3.75. The molecule has 5 heteroatoms. The van der Waals surface area contributed by atoms with Crippen molar-refractivity contribution in [2.24, 2.45) is 5.92 Å². The molecule has 0 aliphatic carbocycles. The molecule has 0 aliphatic heterocycles. The third-order valence-electron chi connectivity index (χ3n) is 4.83. The van der Waals surface area contributed by atoms with Gasteiger partial charge in [-0.1, -0.05) is 34.6 Å². The van der Waals surface area contributed by atoms with Crippen molar-refractivity contribution in [2.75, 3.05) is 13.6 Å². The molecule has 0 atom stereocenters. The van der Waals surface area contributed by atoms with Gasteiger partial charge in [-0.25, -0.2) is 0 Å². The first-order valence-electron chi connectivity index (χ1n) is 9.59. The van der Waals surface area contributed by atoms with E-state index >= 15 is 0 Å². The summed E-state index contributed by atoms with van der Waals surface area (Å²) in [6, 6.07) is 7.46. The highest BCUT2D eigenvalue weighted by molar-refractivity contribution is 6.07. The van der Waals surface area contributed by atoms with Crippen LogP contribution in [0.5, 0.6) is 0 Å². The zero-order valence-corrected chi connectivity index (χ0v) is 17.4. The Morgan fingerprint density at radius 2 is 1.96 bits per heavy atom. The van der Waals surface area contributed by atoms with Gasteiger partial charge in [-0.2, -0.15) is 0 Å². The Labute approximate surface area is 165 Å². The first-order valence-corrected chi connectivity index (χ1v) is 9.59. The van der Waals surface area contributed by atoms with Crippen molar-refractivity contribution < 1.29 is 9.21 Å². The lowest BCUT2D eigenvalue weighted by Gasteiger charge is -2.21. The number of H-pyrrole nitrogens is 1. The molecule has 0 saturated heterocycles. The van der Waals surface area contributed by atoms with Gasteiger partial charge < -0.3 is 14.3 Å². The Bertz CT molecular complexity index is 1070. The second kappa shape index (κ2) is 7.30. The second-order valence-electron chi connectivity index (χ2n) is 8.79. The largest absolute Gasteiger partial charge is 0.463 e. The minimum Gasteiger partial charge on any atom is -0.463 e. The summed E-state index contributed by atoms with van der Waals surface area (Å²) in [6.45, 7) is 11.1. The molecule has 0 spiro atoms. The summed E-state index contributed by atoms with van der Waals surface area (Å²) in [4.78, 5) is 29.8. The second-order valence-corrected chi connectivity index (χ2v) is 8.79. The number of carbonyl (C=O) groups is 1. The van der Waals surface area contributed by atoms with E-state index in [0.29, 0.717) is 29.2 Å². The summed E-state index contributed by atoms with van der Waals surface area (Å²) in [6.07, 6.45) is 3.15. The molecule has 1 amide bonds. The Morgan fingerprint density at radius 3 is 2.57 bits per heavy atom. The molecule has 0 aliphatic rings. The van der Waals surface area contributed by atoms with Gasteiger partial charge in [0.2, 0.25) is 0 Å². The van der Waals surface area contributed by atoms with Gasteiger partial charge in [-0.05, 0) is 41.2 Å². The van der Waals surface area contributed by atoms with Crippen molar-refractivity contribution in [3.8, 4) is 11.1 Å². The number of nitrogens with one attached hydrogen (secondary N) is 1. The summed E-state index contributed by atoms with van der Waals surface area (Å²) in [7, 11) is 1.80. The minimum absolute atomic E-state index is 0.0774. The van der Waals surface area contributed by atoms with E-state index in [4.69, 9.17) is 4.42 Å². The summed E-state index contributed by atoms with van der Waals surface area (Å²) < 4.78 is 5.87. The Hall–Kier alpha value is -2.82. The normalized spacial score (nSPS) is 12.0. The van der Waals surface area contributed by atoms with Crippen molar-refractivity contribution >= 4 is 16.9 Å². The van der Waals surface area contributed by atoms with E-state index in [1.54, 1.807) is 30.3 Å². The van der Waals surface area contributed by atoms with Gasteiger partial charge in [0, 0.05) is 36.3 Å². The topological polar surface area (TPSA) is 66.3 Å². The van der Waals surface area contributed by atoms with Crippen LogP contribution in [0.4, 0.5) is 0 Å². The average Bonchev–Trinajstić information content (AvgIpc) is 3.03. The van der Waals surface area contributed by atoms with Crippen LogP contribution in [0, 0.1) is 5.92 Å². The van der Waals surface area contributed by atoms with Gasteiger partial charge in [0.05, 0.1) is 5.56 Å². The van der Waals surface area contributed by atoms with Crippen LogP contribution >= 0.6 is 0 Å². The summed E-state index contributed by atoms with van der Waals surface area (Å²) in [5, 5.41) is 0.742. The van der Waals surface area contributed by atoms with Crippen molar-refractivity contribution in [1.29, 1.82) is 0 Å². The number of benzene rings is 1. The van der Waals surface area contributed by atoms with Crippen LogP contribution in [0.15, 0.2) is 45.9 Å². The van der Waals surface area contributed by atoms with E-state index in [0.717, 1.165) is 16.5 Å². The maximum Gasteiger partial charge on any atom is 0.257 e. The average molecular weight is 380 g/mol. The number of pyridine rings is 1. The number of aromatic amines is 1. The molecule has 0 fully saturated rings. The third-order valence-corrected chi connectivity index (χ3v) is 4.83. The molecule has 5 nitrogen and oxygen atoms in total. The lowest BCUT2D eigenvalue weighted by molar-refractivity contribution is 0.0780. The minimum atomic E-state index is -0.211. The highest BCUT2D eigenvalue weighted by atomic mass is 16.3. The quantitative estimate of drug-likeness (QED) is 0.706. The SMILES string of the molecule is CC(C)CN(C)C(=O)c1coc2c(C(C)(C)C)cc(-c3ccc[nH]c3=O)cc12. The van der Waals surface area contributed by atoms with Crippen LogP contribution in [-0.4, -0.2) is 29.4 Å². The molecule has 1 aromatic carbocycles. The summed E-state index contributed by atoms with van der Waals surface area (Å²) >= 11 is 0. The molecule has 28 heavy (non-hydrogen) atoms. The smallest absolute Gasteiger partial charge is 0.257 e. The molecular weight excluding hydrogens is 352 g/mol. The Balaban J connectivity index is 2.24. The number of hydrogen-bond donors (Lipinski definition) is 1. The van der Waals surface area contributed by atoms with E-state index in [1.165, 1.54) is 6.26 Å². The molecule has 3 rings (SSSR count). The van der Waals surface area contributed by atoms with Crippen LogP contribution < -0.4 is 5.56 Å². The molecule has 2 aromatic heterocycles. The van der Waals surface area contributed by atoms with Crippen LogP contribution in [0.1, 0.15) is 50.5 Å². The van der Waals surface area contributed by atoms with E-state index < -0.39 is 0 Å². The maximum atomic E-state index is 13.0. The first-order chi connectivity index (χ1) is 13.1. The predicted molar refractivity (Wildman–Crippen MR) is 113 cm³/mol.